The average molecular weight is 458 g/mol. The smallest absolute Gasteiger partial charge is 0.225 e. The molecule has 3 aliphatic rings. The number of carbonyl (C=O) groups excluding carboxylic acids is 1. The number of aliphatic hydroxyl groups excluding tert-OH is 1. The van der Waals surface area contributed by atoms with Crippen molar-refractivity contribution in [1.82, 2.24) is 14.9 Å². The lowest BCUT2D eigenvalue weighted by Crippen LogP contribution is -2.56. The maximum atomic E-state index is 12.5. The van der Waals surface area contributed by atoms with Crippen LogP contribution in [0.3, 0.4) is 0 Å². The number of amides is 1. The molecule has 170 valence electrons. The summed E-state index contributed by atoms with van der Waals surface area (Å²) in [6.07, 6.45) is 6.20. The summed E-state index contributed by atoms with van der Waals surface area (Å²) in [5.41, 5.74) is 7.91. The fourth-order valence-electron chi connectivity index (χ4n) is 4.49. The third-order valence-corrected chi connectivity index (χ3v) is 6.66. The molecule has 2 saturated carbocycles. The number of carbonyl (C=O) groups is 1. The van der Waals surface area contributed by atoms with Gasteiger partial charge in [0.05, 0.1) is 24.0 Å². The summed E-state index contributed by atoms with van der Waals surface area (Å²) in [6.45, 7) is 1.88. The normalized spacial score (nSPS) is 21.0. The number of nitrogens with zero attached hydrogens (tertiary/aromatic N) is 4. The Morgan fingerprint density at radius 2 is 2.06 bits per heavy atom. The van der Waals surface area contributed by atoms with Crippen LogP contribution in [0.2, 0.25) is 5.02 Å². The molecule has 2 aromatic heterocycles. The molecule has 9 heteroatoms. The molecule has 0 aromatic carbocycles. The highest BCUT2D eigenvalue weighted by Crippen LogP contribution is 2.46. The molecule has 0 spiro atoms. The molecule has 1 aliphatic heterocycles. The van der Waals surface area contributed by atoms with Gasteiger partial charge in [-0.3, -0.25) is 4.79 Å². The Morgan fingerprint density at radius 1 is 1.25 bits per heavy atom. The zero-order chi connectivity index (χ0) is 22.2. The summed E-state index contributed by atoms with van der Waals surface area (Å²) in [5, 5.41) is 9.76. The molecule has 0 bridgehead atoms. The van der Waals surface area contributed by atoms with Crippen LogP contribution in [0.1, 0.15) is 43.7 Å². The quantitative estimate of drug-likeness (QED) is 0.657. The number of hydrogen-bond acceptors (Lipinski definition) is 7. The van der Waals surface area contributed by atoms with Gasteiger partial charge in [0.25, 0.3) is 0 Å². The molecule has 3 heterocycles. The van der Waals surface area contributed by atoms with E-state index < -0.39 is 0 Å². The van der Waals surface area contributed by atoms with E-state index in [0.29, 0.717) is 53.8 Å². The second-order valence-corrected chi connectivity index (χ2v) is 9.32. The lowest BCUT2D eigenvalue weighted by molar-refractivity contribution is -0.135. The van der Waals surface area contributed by atoms with Crippen LogP contribution in [0.25, 0.3) is 0 Å². The zero-order valence-corrected chi connectivity index (χ0v) is 18.7. The number of nitrogens with two attached hydrogens (primary N) is 1. The van der Waals surface area contributed by atoms with Crippen LogP contribution in [0.5, 0.6) is 11.6 Å². The number of ether oxygens (including phenoxy) is 1. The SMILES string of the molecule is Nc1cc(Oc2cc(Cl)ccn2)c(C2CC2)nc1N1CCN(C(=O)CCO)[C@H](C2CC2)C1. The van der Waals surface area contributed by atoms with Gasteiger partial charge in [-0.1, -0.05) is 11.6 Å². The van der Waals surface area contributed by atoms with Crippen molar-refractivity contribution in [3.63, 3.8) is 0 Å². The van der Waals surface area contributed by atoms with Gasteiger partial charge in [-0.15, -0.1) is 0 Å². The third kappa shape index (κ3) is 4.47. The molecule has 1 saturated heterocycles. The molecule has 5 rings (SSSR count). The Morgan fingerprint density at radius 3 is 2.75 bits per heavy atom. The van der Waals surface area contributed by atoms with Crippen LogP contribution < -0.4 is 15.4 Å². The third-order valence-electron chi connectivity index (χ3n) is 6.43. The number of halogens is 1. The van der Waals surface area contributed by atoms with Crippen LogP contribution in [-0.2, 0) is 4.79 Å². The number of aliphatic hydroxyl groups is 1. The summed E-state index contributed by atoms with van der Waals surface area (Å²) in [4.78, 5) is 25.9. The van der Waals surface area contributed by atoms with E-state index in [1.807, 2.05) is 11.0 Å². The molecular weight excluding hydrogens is 430 g/mol. The number of rotatable bonds is 7. The van der Waals surface area contributed by atoms with E-state index in [4.69, 9.17) is 27.1 Å². The first-order valence-corrected chi connectivity index (χ1v) is 11.7. The molecule has 8 nitrogen and oxygen atoms in total. The fraction of sp³-hybridized carbons (Fsp3) is 0.522. The van der Waals surface area contributed by atoms with Crippen molar-refractivity contribution < 1.29 is 14.6 Å². The van der Waals surface area contributed by atoms with Crippen molar-refractivity contribution in [2.75, 3.05) is 36.9 Å². The number of hydrogen-bond donors (Lipinski definition) is 2. The van der Waals surface area contributed by atoms with E-state index in [1.165, 1.54) is 0 Å². The van der Waals surface area contributed by atoms with Crippen LogP contribution >= 0.6 is 11.6 Å². The van der Waals surface area contributed by atoms with Gasteiger partial charge in [0.15, 0.2) is 11.6 Å². The number of piperazine rings is 1. The van der Waals surface area contributed by atoms with Crippen molar-refractivity contribution in [3.05, 3.63) is 35.1 Å². The average Bonchev–Trinajstić information content (AvgIpc) is 3.67. The Balaban J connectivity index is 1.40. The van der Waals surface area contributed by atoms with E-state index in [1.54, 1.807) is 18.3 Å². The van der Waals surface area contributed by atoms with Crippen molar-refractivity contribution in [3.8, 4) is 11.6 Å². The van der Waals surface area contributed by atoms with E-state index in [2.05, 4.69) is 9.88 Å². The highest BCUT2D eigenvalue weighted by molar-refractivity contribution is 6.30. The molecule has 32 heavy (non-hydrogen) atoms. The summed E-state index contributed by atoms with van der Waals surface area (Å²) in [6, 6.07) is 5.35. The first-order valence-electron chi connectivity index (χ1n) is 11.3. The minimum atomic E-state index is -0.112. The molecule has 2 aromatic rings. The highest BCUT2D eigenvalue weighted by atomic mass is 35.5. The standard InChI is InChI=1S/C23H28ClN5O3/c24-16-5-7-26-20(11-16)32-19-12-17(25)23(27-22(19)15-3-4-15)28-8-9-29(21(31)6-10-30)18(13-28)14-1-2-14/h5,7,11-12,14-15,18,30H,1-4,6,8-10,13,25H2/t18-/m0/s1. The maximum Gasteiger partial charge on any atom is 0.225 e. The molecule has 1 amide bonds. The van der Waals surface area contributed by atoms with Crippen molar-refractivity contribution in [1.29, 1.82) is 0 Å². The summed E-state index contributed by atoms with van der Waals surface area (Å²) in [5.74, 6) is 2.70. The van der Waals surface area contributed by atoms with Crippen molar-refractivity contribution in [2.45, 2.75) is 44.1 Å². The minimum absolute atomic E-state index is 0.0291. The van der Waals surface area contributed by atoms with E-state index in [0.717, 1.165) is 37.2 Å². The summed E-state index contributed by atoms with van der Waals surface area (Å²) < 4.78 is 6.03. The Labute approximate surface area is 192 Å². The molecule has 1 atom stereocenters. The molecule has 2 aliphatic carbocycles. The summed E-state index contributed by atoms with van der Waals surface area (Å²) in [7, 11) is 0. The second-order valence-electron chi connectivity index (χ2n) is 8.88. The van der Waals surface area contributed by atoms with Gasteiger partial charge in [-0.25, -0.2) is 9.97 Å². The van der Waals surface area contributed by atoms with Gasteiger partial charge in [-0.2, -0.15) is 0 Å². The van der Waals surface area contributed by atoms with Gasteiger partial charge in [0.2, 0.25) is 11.8 Å². The largest absolute Gasteiger partial charge is 0.437 e. The van der Waals surface area contributed by atoms with Gasteiger partial charge in [-0.05, 0) is 37.7 Å². The van der Waals surface area contributed by atoms with E-state index >= 15 is 0 Å². The summed E-state index contributed by atoms with van der Waals surface area (Å²) >= 11 is 6.07. The zero-order valence-electron chi connectivity index (χ0n) is 17.9. The van der Waals surface area contributed by atoms with Crippen LogP contribution in [0.15, 0.2) is 24.4 Å². The Bertz CT molecular complexity index is 1010. The van der Waals surface area contributed by atoms with Crippen molar-refractivity contribution in [2.24, 2.45) is 5.92 Å². The number of aromatic nitrogens is 2. The van der Waals surface area contributed by atoms with Gasteiger partial charge >= 0.3 is 0 Å². The second kappa shape index (κ2) is 8.75. The fourth-order valence-corrected chi connectivity index (χ4v) is 4.64. The van der Waals surface area contributed by atoms with E-state index in [9.17, 15) is 9.90 Å². The van der Waals surface area contributed by atoms with Crippen LogP contribution in [-0.4, -0.2) is 58.2 Å². The first-order chi connectivity index (χ1) is 15.5. The highest BCUT2D eigenvalue weighted by Gasteiger charge is 2.41. The predicted molar refractivity (Wildman–Crippen MR) is 122 cm³/mol. The first kappa shape index (κ1) is 21.3. The van der Waals surface area contributed by atoms with E-state index in [-0.39, 0.29) is 25.0 Å². The number of nitrogen functional groups attached to an aromatic ring is 1. The lowest BCUT2D eigenvalue weighted by atomic mass is 10.1. The Kier molecular flexibility index (Phi) is 5.82. The lowest BCUT2D eigenvalue weighted by Gasteiger charge is -2.42. The molecule has 0 radical (unpaired) electrons. The molecule has 3 N–H and O–H groups in total. The van der Waals surface area contributed by atoms with Crippen molar-refractivity contribution >= 4 is 29.0 Å². The Hall–Kier alpha value is -2.58. The number of anilines is 2. The molecule has 0 unspecified atom stereocenters. The van der Waals surface area contributed by atoms with Gasteiger partial charge < -0.3 is 25.4 Å². The molecular formula is C23H28ClN5O3. The molecule has 3 fully saturated rings. The van der Waals surface area contributed by atoms with Gasteiger partial charge in [0, 0.05) is 55.3 Å². The number of pyridine rings is 2. The topological polar surface area (TPSA) is 105 Å². The minimum Gasteiger partial charge on any atom is -0.437 e. The van der Waals surface area contributed by atoms with Gasteiger partial charge in [0.1, 0.15) is 0 Å². The monoisotopic (exact) mass is 457 g/mol. The van der Waals surface area contributed by atoms with Crippen LogP contribution in [0, 0.1) is 5.92 Å². The maximum absolute atomic E-state index is 12.5. The predicted octanol–water partition coefficient (Wildman–Crippen LogP) is 3.19. The van der Waals surface area contributed by atoms with Crippen LogP contribution in [0.4, 0.5) is 11.5 Å².